The van der Waals surface area contributed by atoms with E-state index >= 15 is 0 Å². The molecule has 0 spiro atoms. The summed E-state index contributed by atoms with van der Waals surface area (Å²) >= 11 is 7.41. The molecule has 0 radical (unpaired) electrons. The molecule has 74 valence electrons. The minimum absolute atomic E-state index is 0.242. The van der Waals surface area contributed by atoms with Crippen molar-refractivity contribution in [1.82, 2.24) is 0 Å². The Balaban J connectivity index is 2.96. The van der Waals surface area contributed by atoms with Gasteiger partial charge in [-0.3, -0.25) is 0 Å². The first kappa shape index (κ1) is 11.6. The van der Waals surface area contributed by atoms with Crippen molar-refractivity contribution in [3.8, 4) is 0 Å². The average Bonchev–Trinajstić information content (AvgIpc) is 2.29. The van der Waals surface area contributed by atoms with Gasteiger partial charge in [0.25, 0.3) is 5.92 Å². The van der Waals surface area contributed by atoms with Crippen LogP contribution in [0.15, 0.2) is 14.3 Å². The Labute approximate surface area is 95.0 Å². The summed E-state index contributed by atoms with van der Waals surface area (Å²) in [5, 5.41) is 9.21. The van der Waals surface area contributed by atoms with Crippen molar-refractivity contribution in [2.24, 2.45) is 0 Å². The minimum Gasteiger partial charge on any atom is -0.381 e. The first-order chi connectivity index (χ1) is 5.82. The molecule has 1 aromatic rings. The van der Waals surface area contributed by atoms with Gasteiger partial charge >= 0.3 is 0 Å². The van der Waals surface area contributed by atoms with E-state index < -0.39 is 12.0 Å². The van der Waals surface area contributed by atoms with Crippen molar-refractivity contribution in [3.63, 3.8) is 0 Å². The number of halogens is 4. The maximum Gasteiger partial charge on any atom is 0.275 e. The standard InChI is InChI=1S/C7H6Br2F2OS/c1-7(10,11)5(12)4-2-3(8)6(9)13-4/h2,5,12H,1H3. The zero-order chi connectivity index (χ0) is 10.2. The maximum atomic E-state index is 12.7. The zero-order valence-electron chi connectivity index (χ0n) is 6.52. The average molecular weight is 336 g/mol. The number of alkyl halides is 2. The molecule has 1 rings (SSSR count). The number of hydrogen-bond donors (Lipinski definition) is 1. The first-order valence-electron chi connectivity index (χ1n) is 3.33. The second-order valence-electron chi connectivity index (χ2n) is 2.63. The molecule has 0 aliphatic carbocycles. The van der Waals surface area contributed by atoms with Crippen LogP contribution in [0, 0.1) is 0 Å². The van der Waals surface area contributed by atoms with E-state index in [2.05, 4.69) is 31.9 Å². The molecular weight excluding hydrogens is 330 g/mol. The topological polar surface area (TPSA) is 20.2 Å². The Kier molecular flexibility index (Phi) is 3.49. The predicted octanol–water partition coefficient (Wildman–Crippen LogP) is 3.96. The molecular formula is C7H6Br2F2OS. The summed E-state index contributed by atoms with van der Waals surface area (Å²) in [6.45, 7) is 0.694. The second kappa shape index (κ2) is 3.92. The van der Waals surface area contributed by atoms with Crippen molar-refractivity contribution in [3.05, 3.63) is 19.2 Å². The summed E-state index contributed by atoms with van der Waals surface area (Å²) in [6.07, 6.45) is -1.74. The van der Waals surface area contributed by atoms with Crippen LogP contribution in [0.5, 0.6) is 0 Å². The molecule has 1 aromatic heterocycles. The molecule has 0 fully saturated rings. The van der Waals surface area contributed by atoms with E-state index in [1.807, 2.05) is 0 Å². The van der Waals surface area contributed by atoms with Crippen LogP contribution in [0.3, 0.4) is 0 Å². The monoisotopic (exact) mass is 334 g/mol. The SMILES string of the molecule is CC(F)(F)C(O)c1cc(Br)c(Br)s1. The normalized spacial score (nSPS) is 14.6. The molecule has 1 nitrogen and oxygen atoms in total. The van der Waals surface area contributed by atoms with E-state index in [1.165, 1.54) is 6.07 Å². The van der Waals surface area contributed by atoms with E-state index in [-0.39, 0.29) is 4.88 Å². The van der Waals surface area contributed by atoms with Crippen LogP contribution < -0.4 is 0 Å². The molecule has 1 heterocycles. The molecule has 0 saturated carbocycles. The molecule has 1 N–H and O–H groups in total. The fourth-order valence-corrected chi connectivity index (χ4v) is 2.92. The van der Waals surface area contributed by atoms with Gasteiger partial charge in [-0.1, -0.05) is 0 Å². The van der Waals surface area contributed by atoms with E-state index in [0.717, 1.165) is 11.3 Å². The summed E-state index contributed by atoms with van der Waals surface area (Å²) < 4.78 is 26.7. The lowest BCUT2D eigenvalue weighted by atomic mass is 10.2. The summed E-state index contributed by atoms with van der Waals surface area (Å²) in [5.41, 5.74) is 0. The van der Waals surface area contributed by atoms with Crippen molar-refractivity contribution in [1.29, 1.82) is 0 Å². The molecule has 0 saturated heterocycles. The molecule has 0 aromatic carbocycles. The van der Waals surface area contributed by atoms with Crippen LogP contribution >= 0.6 is 43.2 Å². The molecule has 0 amide bonds. The lowest BCUT2D eigenvalue weighted by Gasteiger charge is -2.15. The maximum absolute atomic E-state index is 12.7. The van der Waals surface area contributed by atoms with Crippen LogP contribution in [0.1, 0.15) is 17.9 Å². The predicted molar refractivity (Wildman–Crippen MR) is 55.3 cm³/mol. The van der Waals surface area contributed by atoms with Gasteiger partial charge < -0.3 is 5.11 Å². The lowest BCUT2D eigenvalue weighted by Crippen LogP contribution is -2.20. The zero-order valence-corrected chi connectivity index (χ0v) is 10.5. The number of aliphatic hydroxyl groups excluding tert-OH is 1. The van der Waals surface area contributed by atoms with E-state index in [9.17, 15) is 13.9 Å². The molecule has 0 bridgehead atoms. The number of thiophene rings is 1. The largest absolute Gasteiger partial charge is 0.381 e. The highest BCUT2D eigenvalue weighted by atomic mass is 79.9. The molecule has 0 aliphatic heterocycles. The van der Waals surface area contributed by atoms with Crippen LogP contribution in [0.25, 0.3) is 0 Å². The highest BCUT2D eigenvalue weighted by Crippen LogP contribution is 2.40. The van der Waals surface area contributed by atoms with Gasteiger partial charge in [-0.25, -0.2) is 8.78 Å². The highest BCUT2D eigenvalue weighted by molar-refractivity contribution is 9.13. The van der Waals surface area contributed by atoms with Gasteiger partial charge in [0.1, 0.15) is 0 Å². The van der Waals surface area contributed by atoms with E-state index in [0.29, 0.717) is 15.2 Å². The van der Waals surface area contributed by atoms with E-state index in [1.54, 1.807) is 0 Å². The Morgan fingerprint density at radius 2 is 2.08 bits per heavy atom. The first-order valence-corrected chi connectivity index (χ1v) is 5.73. The molecule has 1 unspecified atom stereocenters. The number of aliphatic hydroxyl groups is 1. The van der Waals surface area contributed by atoms with Crippen LogP contribution in [0.2, 0.25) is 0 Å². The molecule has 13 heavy (non-hydrogen) atoms. The van der Waals surface area contributed by atoms with Crippen LogP contribution in [-0.2, 0) is 0 Å². The second-order valence-corrected chi connectivity index (χ2v) is 5.89. The highest BCUT2D eigenvalue weighted by Gasteiger charge is 2.35. The van der Waals surface area contributed by atoms with Gasteiger partial charge in [-0.05, 0) is 37.9 Å². The van der Waals surface area contributed by atoms with Gasteiger partial charge in [0.2, 0.25) is 0 Å². The quantitative estimate of drug-likeness (QED) is 0.867. The summed E-state index contributed by atoms with van der Waals surface area (Å²) in [7, 11) is 0. The smallest absolute Gasteiger partial charge is 0.275 e. The summed E-state index contributed by atoms with van der Waals surface area (Å²) in [6, 6.07) is 1.48. The third kappa shape index (κ3) is 2.71. The third-order valence-corrected chi connectivity index (χ3v) is 4.72. The number of rotatable bonds is 2. The Morgan fingerprint density at radius 1 is 1.54 bits per heavy atom. The minimum atomic E-state index is -3.11. The van der Waals surface area contributed by atoms with Gasteiger partial charge in [-0.2, -0.15) is 0 Å². The fourth-order valence-electron chi connectivity index (χ4n) is 0.748. The lowest BCUT2D eigenvalue weighted by molar-refractivity contribution is -0.0938. The van der Waals surface area contributed by atoms with Gasteiger partial charge in [0, 0.05) is 16.3 Å². The fraction of sp³-hybridized carbons (Fsp3) is 0.429. The third-order valence-electron chi connectivity index (χ3n) is 1.41. The molecule has 1 atom stereocenters. The van der Waals surface area contributed by atoms with E-state index in [4.69, 9.17) is 0 Å². The van der Waals surface area contributed by atoms with Gasteiger partial charge in [-0.15, -0.1) is 11.3 Å². The Hall–Kier alpha value is 0.480. The van der Waals surface area contributed by atoms with Crippen LogP contribution in [-0.4, -0.2) is 11.0 Å². The molecule has 6 heteroatoms. The van der Waals surface area contributed by atoms with Crippen LogP contribution in [0.4, 0.5) is 8.78 Å². The van der Waals surface area contributed by atoms with Crippen molar-refractivity contribution < 1.29 is 13.9 Å². The summed E-state index contributed by atoms with van der Waals surface area (Å²) in [4.78, 5) is 0.242. The van der Waals surface area contributed by atoms with Gasteiger partial charge in [0.15, 0.2) is 6.10 Å². The van der Waals surface area contributed by atoms with Gasteiger partial charge in [0.05, 0.1) is 3.79 Å². The molecule has 0 aliphatic rings. The van der Waals surface area contributed by atoms with Crippen molar-refractivity contribution in [2.45, 2.75) is 19.0 Å². The number of hydrogen-bond acceptors (Lipinski definition) is 2. The Bertz CT molecular complexity index is 288. The van der Waals surface area contributed by atoms with Crippen molar-refractivity contribution >= 4 is 43.2 Å². The summed E-state index contributed by atoms with van der Waals surface area (Å²) in [5.74, 6) is -3.11. The van der Waals surface area contributed by atoms with Crippen molar-refractivity contribution in [2.75, 3.05) is 0 Å². The Morgan fingerprint density at radius 3 is 2.38 bits per heavy atom.